The van der Waals surface area contributed by atoms with Crippen LogP contribution in [0.3, 0.4) is 0 Å². The average molecular weight is 283 g/mol. The van der Waals surface area contributed by atoms with Gasteiger partial charge in [0.1, 0.15) is 17.1 Å². The number of hydrogen-bond donors (Lipinski definition) is 7. The molecule has 1 aromatic rings. The number of amidine groups is 1. The number of nitrogens with zero attached hydrogens (tertiary/aromatic N) is 1. The highest BCUT2D eigenvalue weighted by Gasteiger charge is 2.40. The Morgan fingerprint density at radius 3 is 2.19 bits per heavy atom. The number of hydrogen-bond acceptors (Lipinski definition) is 7. The standard InChI is InChI=1S/C13H15N8/c14-7-4-2-1-3-6(7)5-8-9(15)10(16)11(17)12(18)13(19)21(8)20/h1-4,8,15-20H,5,14H2/q+1. The van der Waals surface area contributed by atoms with Gasteiger partial charge in [0.05, 0.1) is 0 Å². The molecule has 2 rings (SSSR count). The molecular formula is C13H15N8+. The summed E-state index contributed by atoms with van der Waals surface area (Å²) in [4.78, 5) is 0. The van der Waals surface area contributed by atoms with E-state index in [1.54, 1.807) is 24.3 Å². The molecule has 21 heavy (non-hydrogen) atoms. The molecule has 1 aliphatic heterocycles. The average Bonchev–Trinajstić information content (AvgIpc) is 2.53. The summed E-state index contributed by atoms with van der Waals surface area (Å²) in [5.74, 6) is -0.494. The molecule has 0 radical (unpaired) electrons. The highest BCUT2D eigenvalue weighted by atomic mass is 15.2. The zero-order valence-electron chi connectivity index (χ0n) is 11.1. The molecule has 1 aromatic carbocycles. The molecule has 1 unspecified atom stereocenters. The first-order valence-electron chi connectivity index (χ1n) is 6.12. The minimum absolute atomic E-state index is 0.167. The third-order valence-corrected chi connectivity index (χ3v) is 3.36. The Labute approximate surface area is 120 Å². The van der Waals surface area contributed by atoms with Crippen LogP contribution in [0.1, 0.15) is 5.56 Å². The maximum Gasteiger partial charge on any atom is 0.363 e. The maximum absolute atomic E-state index is 7.99. The van der Waals surface area contributed by atoms with Crippen molar-refractivity contribution in [2.75, 3.05) is 5.73 Å². The van der Waals surface area contributed by atoms with Gasteiger partial charge in [-0.25, -0.2) is 0 Å². The molecule has 1 heterocycles. The van der Waals surface area contributed by atoms with Crippen LogP contribution in [0, 0.1) is 32.6 Å². The zero-order chi connectivity index (χ0) is 15.7. The lowest BCUT2D eigenvalue weighted by atomic mass is 9.97. The number of para-hydroxylation sites is 1. The first kappa shape index (κ1) is 14.4. The van der Waals surface area contributed by atoms with Crippen LogP contribution in [0.5, 0.6) is 0 Å². The summed E-state index contributed by atoms with van der Waals surface area (Å²) in [6.07, 6.45) is 0.167. The Balaban J connectivity index is 2.44. The quantitative estimate of drug-likeness (QED) is 0.315. The van der Waals surface area contributed by atoms with Crippen LogP contribution in [0.25, 0.3) is 0 Å². The van der Waals surface area contributed by atoms with E-state index >= 15 is 0 Å². The predicted octanol–water partition coefficient (Wildman–Crippen LogP) is 1.29. The van der Waals surface area contributed by atoms with Crippen molar-refractivity contribution in [1.82, 2.24) is 0 Å². The van der Waals surface area contributed by atoms with Crippen molar-refractivity contribution < 1.29 is 4.70 Å². The lowest BCUT2D eigenvalue weighted by molar-refractivity contribution is -0.524. The largest absolute Gasteiger partial charge is 0.399 e. The smallest absolute Gasteiger partial charge is 0.363 e. The normalized spacial score (nSPS) is 19.9. The van der Waals surface area contributed by atoms with Gasteiger partial charge in [0, 0.05) is 12.1 Å². The van der Waals surface area contributed by atoms with Crippen LogP contribution in [-0.4, -0.2) is 39.4 Å². The fraction of sp³-hybridized carbons (Fsp3) is 0.154. The molecule has 0 spiro atoms. The van der Waals surface area contributed by atoms with Gasteiger partial charge in [-0.3, -0.25) is 21.6 Å². The van der Waals surface area contributed by atoms with Gasteiger partial charge in [-0.15, -0.1) is 10.2 Å². The van der Waals surface area contributed by atoms with Gasteiger partial charge in [0.2, 0.25) is 0 Å². The molecule has 1 aliphatic rings. The maximum atomic E-state index is 7.99. The first-order valence-corrected chi connectivity index (χ1v) is 6.12. The van der Waals surface area contributed by atoms with E-state index in [1.165, 1.54) is 0 Å². The van der Waals surface area contributed by atoms with E-state index in [4.69, 9.17) is 38.3 Å². The SMILES string of the molecule is N=C1C(=N)C(=N)C(Cc2ccccc2N)[N+](=N)C(=N)C1=N. The van der Waals surface area contributed by atoms with Gasteiger partial charge in [-0.05, 0) is 11.6 Å². The number of nitrogen functional groups attached to an aromatic ring is 1. The molecule has 8 nitrogen and oxygen atoms in total. The molecule has 8 heteroatoms. The van der Waals surface area contributed by atoms with E-state index in [0.717, 1.165) is 0 Å². The van der Waals surface area contributed by atoms with Gasteiger partial charge < -0.3 is 5.73 Å². The van der Waals surface area contributed by atoms with Crippen LogP contribution in [-0.2, 0) is 6.42 Å². The fourth-order valence-electron chi connectivity index (χ4n) is 2.07. The second-order valence-electron chi connectivity index (χ2n) is 4.68. The predicted molar refractivity (Wildman–Crippen MR) is 80.0 cm³/mol. The molecular weight excluding hydrogens is 268 g/mol. The number of nitrogens with two attached hydrogens (primary N) is 1. The van der Waals surface area contributed by atoms with Crippen LogP contribution in [0.4, 0.5) is 5.69 Å². The lowest BCUT2D eigenvalue weighted by Gasteiger charge is -2.14. The third-order valence-electron chi connectivity index (χ3n) is 3.36. The zero-order valence-corrected chi connectivity index (χ0v) is 11.1. The summed E-state index contributed by atoms with van der Waals surface area (Å²) in [6.45, 7) is 0. The Kier molecular flexibility index (Phi) is 3.53. The molecule has 0 amide bonds. The molecule has 0 aliphatic carbocycles. The third kappa shape index (κ3) is 2.38. The highest BCUT2D eigenvalue weighted by molar-refractivity contribution is 6.89. The summed E-state index contributed by atoms with van der Waals surface area (Å²) in [5.41, 5.74) is 13.3. The molecule has 1 saturated heterocycles. The second kappa shape index (κ2) is 5.16. The van der Waals surface area contributed by atoms with Crippen molar-refractivity contribution in [2.45, 2.75) is 12.5 Å². The van der Waals surface area contributed by atoms with Crippen molar-refractivity contribution in [2.24, 2.45) is 0 Å². The molecule has 1 fully saturated rings. The first-order chi connectivity index (χ1) is 9.84. The Hall–Kier alpha value is -3.03. The number of nitrogens with one attached hydrogen (secondary N) is 6. The molecule has 0 aromatic heterocycles. The molecule has 1 atom stereocenters. The van der Waals surface area contributed by atoms with Crippen molar-refractivity contribution in [3.63, 3.8) is 0 Å². The summed E-state index contributed by atoms with van der Waals surface area (Å²) in [6, 6.07) is 6.08. The van der Waals surface area contributed by atoms with Crippen LogP contribution in [0.2, 0.25) is 0 Å². The van der Waals surface area contributed by atoms with E-state index in [1.807, 2.05) is 0 Å². The fourth-order valence-corrected chi connectivity index (χ4v) is 2.07. The molecule has 0 bridgehead atoms. The Morgan fingerprint density at radius 1 is 0.952 bits per heavy atom. The Morgan fingerprint density at radius 2 is 1.57 bits per heavy atom. The van der Waals surface area contributed by atoms with Crippen LogP contribution in [0.15, 0.2) is 24.3 Å². The molecule has 8 N–H and O–H groups in total. The number of benzene rings is 1. The van der Waals surface area contributed by atoms with Crippen LogP contribution >= 0.6 is 0 Å². The van der Waals surface area contributed by atoms with Gasteiger partial charge in [0.25, 0.3) is 0 Å². The van der Waals surface area contributed by atoms with E-state index in [-0.39, 0.29) is 12.1 Å². The number of anilines is 1. The van der Waals surface area contributed by atoms with Crippen molar-refractivity contribution in [3.05, 3.63) is 29.8 Å². The minimum atomic E-state index is -0.919. The second-order valence-corrected chi connectivity index (χ2v) is 4.68. The molecule has 0 saturated carbocycles. The van der Waals surface area contributed by atoms with E-state index < -0.39 is 29.0 Å². The van der Waals surface area contributed by atoms with Crippen molar-refractivity contribution >= 4 is 34.4 Å². The Bertz CT molecular complexity index is 677. The van der Waals surface area contributed by atoms with Crippen molar-refractivity contribution in [1.29, 1.82) is 32.6 Å². The van der Waals surface area contributed by atoms with Gasteiger partial charge in [0.15, 0.2) is 11.8 Å². The highest BCUT2D eigenvalue weighted by Crippen LogP contribution is 2.17. The lowest BCUT2D eigenvalue weighted by Crippen LogP contribution is -2.38. The van der Waals surface area contributed by atoms with E-state index in [0.29, 0.717) is 15.9 Å². The van der Waals surface area contributed by atoms with E-state index in [2.05, 4.69) is 0 Å². The van der Waals surface area contributed by atoms with Gasteiger partial charge >= 0.3 is 5.84 Å². The monoisotopic (exact) mass is 283 g/mol. The minimum Gasteiger partial charge on any atom is -0.399 e. The van der Waals surface area contributed by atoms with E-state index in [9.17, 15) is 0 Å². The summed E-state index contributed by atoms with van der Waals surface area (Å²) in [7, 11) is 0. The summed E-state index contributed by atoms with van der Waals surface area (Å²) < 4.78 is 0.702. The van der Waals surface area contributed by atoms with Crippen LogP contribution < -0.4 is 5.73 Å². The summed E-state index contributed by atoms with van der Waals surface area (Å²) >= 11 is 0. The summed E-state index contributed by atoms with van der Waals surface area (Å²) in [5, 5.41) is 38.8. The molecule has 106 valence electrons. The van der Waals surface area contributed by atoms with Crippen molar-refractivity contribution in [3.8, 4) is 0 Å². The topological polar surface area (TPSA) is 172 Å². The van der Waals surface area contributed by atoms with Gasteiger partial charge in [-0.2, -0.15) is 0 Å². The number of rotatable bonds is 2. The van der Waals surface area contributed by atoms with Gasteiger partial charge in [-0.1, -0.05) is 23.6 Å².